The van der Waals surface area contributed by atoms with Gasteiger partial charge in [0.25, 0.3) is 0 Å². The number of rotatable bonds is 4. The number of carbonyl (C=O) groups is 1. The number of carboxylic acids is 1. The molecule has 112 valence electrons. The van der Waals surface area contributed by atoms with Crippen LogP contribution in [-0.4, -0.2) is 44.4 Å². The molecule has 1 fully saturated rings. The summed E-state index contributed by atoms with van der Waals surface area (Å²) in [6.45, 7) is 4.69. The van der Waals surface area contributed by atoms with Crippen LogP contribution < -0.4 is 5.32 Å². The van der Waals surface area contributed by atoms with Crippen molar-refractivity contribution in [1.82, 2.24) is 14.6 Å². The zero-order valence-corrected chi connectivity index (χ0v) is 12.0. The molecule has 7 nitrogen and oxygen atoms in total. The van der Waals surface area contributed by atoms with Gasteiger partial charge in [0.05, 0.1) is 12.3 Å². The number of hydrogen-bond acceptors (Lipinski definition) is 5. The van der Waals surface area contributed by atoms with Crippen molar-refractivity contribution in [2.75, 3.05) is 18.5 Å². The topological polar surface area (TPSA) is 88.8 Å². The number of fused-ring (bicyclic) bond motifs is 1. The van der Waals surface area contributed by atoms with E-state index < -0.39 is 11.5 Å². The van der Waals surface area contributed by atoms with Crippen LogP contribution in [0.15, 0.2) is 18.5 Å². The molecule has 1 aliphatic rings. The maximum absolute atomic E-state index is 11.6. The maximum atomic E-state index is 11.6. The summed E-state index contributed by atoms with van der Waals surface area (Å²) in [6.07, 6.45) is 3.78. The zero-order valence-electron chi connectivity index (χ0n) is 12.0. The minimum atomic E-state index is -1.11. The number of anilines is 1. The lowest BCUT2D eigenvalue weighted by Gasteiger charge is -2.24. The fraction of sp³-hybridized carbons (Fsp3) is 0.500. The summed E-state index contributed by atoms with van der Waals surface area (Å²) in [6, 6.07) is 1.94. The number of ether oxygens (including phenoxy) is 1. The second kappa shape index (κ2) is 5.00. The van der Waals surface area contributed by atoms with Crippen molar-refractivity contribution >= 4 is 17.3 Å². The molecule has 1 aliphatic heterocycles. The standard InChI is InChI=1S/C14H18N4O3/c1-9(2)10-7-11-12(15-4-5-18(11)17-10)16-14(13(19)20)3-6-21-8-14/h4-5,7,9H,3,6,8H2,1-2H3,(H,15,16)(H,19,20). The molecular weight excluding hydrogens is 272 g/mol. The van der Waals surface area contributed by atoms with Crippen molar-refractivity contribution in [2.24, 2.45) is 0 Å². The fourth-order valence-corrected chi connectivity index (χ4v) is 2.43. The number of carboxylic acid groups (broad SMARTS) is 1. The third-order valence-corrected chi connectivity index (χ3v) is 3.79. The van der Waals surface area contributed by atoms with Gasteiger partial charge in [0.15, 0.2) is 11.4 Å². The lowest BCUT2D eigenvalue weighted by atomic mass is 9.99. The SMILES string of the molecule is CC(C)c1cc2c(NC3(C(=O)O)CCOC3)nccn2n1. The highest BCUT2D eigenvalue weighted by Crippen LogP contribution is 2.27. The molecule has 2 aromatic rings. The Morgan fingerprint density at radius 3 is 3.00 bits per heavy atom. The quantitative estimate of drug-likeness (QED) is 0.887. The third-order valence-electron chi connectivity index (χ3n) is 3.79. The summed E-state index contributed by atoms with van der Waals surface area (Å²) in [5, 5.41) is 17.0. The average molecular weight is 290 g/mol. The molecule has 0 amide bonds. The number of nitrogens with one attached hydrogen (secondary N) is 1. The number of aliphatic carboxylic acids is 1. The molecule has 0 spiro atoms. The molecule has 0 aromatic carbocycles. The molecule has 3 rings (SSSR count). The Morgan fingerprint density at radius 1 is 1.57 bits per heavy atom. The molecule has 0 aliphatic carbocycles. The Bertz CT molecular complexity index is 674. The van der Waals surface area contributed by atoms with E-state index in [0.29, 0.717) is 24.8 Å². The minimum absolute atomic E-state index is 0.135. The molecule has 0 bridgehead atoms. The van der Waals surface area contributed by atoms with Gasteiger partial charge in [0.1, 0.15) is 5.52 Å². The van der Waals surface area contributed by atoms with E-state index in [9.17, 15) is 9.90 Å². The average Bonchev–Trinajstić information content (AvgIpc) is 3.06. The van der Waals surface area contributed by atoms with E-state index >= 15 is 0 Å². The Morgan fingerprint density at radius 2 is 2.38 bits per heavy atom. The second-order valence-electron chi connectivity index (χ2n) is 5.64. The largest absolute Gasteiger partial charge is 0.479 e. The molecule has 7 heteroatoms. The number of nitrogens with zero attached hydrogens (tertiary/aromatic N) is 3. The number of hydrogen-bond donors (Lipinski definition) is 2. The lowest BCUT2D eigenvalue weighted by Crippen LogP contribution is -2.47. The van der Waals surface area contributed by atoms with Crippen molar-refractivity contribution in [3.8, 4) is 0 Å². The van der Waals surface area contributed by atoms with Crippen LogP contribution >= 0.6 is 0 Å². The van der Waals surface area contributed by atoms with E-state index in [2.05, 4.69) is 29.2 Å². The summed E-state index contributed by atoms with van der Waals surface area (Å²) in [7, 11) is 0. The Labute approximate surface area is 121 Å². The van der Waals surface area contributed by atoms with Crippen molar-refractivity contribution in [3.05, 3.63) is 24.2 Å². The van der Waals surface area contributed by atoms with Gasteiger partial charge in [-0.05, 0) is 12.0 Å². The van der Waals surface area contributed by atoms with Crippen LogP contribution in [0.25, 0.3) is 5.52 Å². The first-order chi connectivity index (χ1) is 10.0. The van der Waals surface area contributed by atoms with Crippen LogP contribution in [0.2, 0.25) is 0 Å². The van der Waals surface area contributed by atoms with Crippen LogP contribution in [0.3, 0.4) is 0 Å². The molecule has 0 saturated carbocycles. The highest BCUT2D eigenvalue weighted by molar-refractivity contribution is 5.85. The molecule has 1 atom stereocenters. The maximum Gasteiger partial charge on any atom is 0.331 e. The third kappa shape index (κ3) is 2.33. The Kier molecular flexibility index (Phi) is 3.29. The molecule has 3 heterocycles. The summed E-state index contributed by atoms with van der Waals surface area (Å²) in [4.78, 5) is 15.9. The van der Waals surface area contributed by atoms with Gasteiger partial charge in [0.2, 0.25) is 0 Å². The molecule has 2 aromatic heterocycles. The van der Waals surface area contributed by atoms with E-state index in [1.165, 1.54) is 0 Å². The number of aromatic nitrogens is 3. The summed E-state index contributed by atoms with van der Waals surface area (Å²) in [5.41, 5.74) is 0.601. The van der Waals surface area contributed by atoms with Crippen molar-refractivity contribution in [3.63, 3.8) is 0 Å². The highest BCUT2D eigenvalue weighted by Gasteiger charge is 2.43. The molecule has 2 N–H and O–H groups in total. The van der Waals surface area contributed by atoms with Crippen LogP contribution in [0.5, 0.6) is 0 Å². The van der Waals surface area contributed by atoms with Crippen LogP contribution in [-0.2, 0) is 9.53 Å². The smallest absolute Gasteiger partial charge is 0.331 e. The molecule has 21 heavy (non-hydrogen) atoms. The van der Waals surface area contributed by atoms with Gasteiger partial charge in [-0.1, -0.05) is 13.8 Å². The summed E-state index contributed by atoms with van der Waals surface area (Å²) in [5.74, 6) is -0.113. The van der Waals surface area contributed by atoms with Crippen molar-refractivity contribution in [2.45, 2.75) is 31.7 Å². The van der Waals surface area contributed by atoms with Gasteiger partial charge in [-0.25, -0.2) is 14.3 Å². The second-order valence-corrected chi connectivity index (χ2v) is 5.64. The Hall–Kier alpha value is -2.15. The van der Waals surface area contributed by atoms with E-state index in [1.807, 2.05) is 6.07 Å². The lowest BCUT2D eigenvalue weighted by molar-refractivity contribution is -0.142. The van der Waals surface area contributed by atoms with Crippen molar-refractivity contribution in [1.29, 1.82) is 0 Å². The van der Waals surface area contributed by atoms with Crippen molar-refractivity contribution < 1.29 is 14.6 Å². The van der Waals surface area contributed by atoms with Gasteiger partial charge in [-0.3, -0.25) is 0 Å². The predicted molar refractivity (Wildman–Crippen MR) is 76.5 cm³/mol. The molecular formula is C14H18N4O3. The van der Waals surface area contributed by atoms with E-state index in [1.54, 1.807) is 16.9 Å². The van der Waals surface area contributed by atoms with E-state index in [0.717, 1.165) is 11.2 Å². The normalized spacial score (nSPS) is 22.0. The first-order valence-corrected chi connectivity index (χ1v) is 6.95. The monoisotopic (exact) mass is 290 g/mol. The fourth-order valence-electron chi connectivity index (χ4n) is 2.43. The van der Waals surface area contributed by atoms with Crippen LogP contribution in [0, 0.1) is 0 Å². The first-order valence-electron chi connectivity index (χ1n) is 6.95. The first kappa shape index (κ1) is 13.8. The van der Waals surface area contributed by atoms with Gasteiger partial charge in [-0.15, -0.1) is 0 Å². The minimum Gasteiger partial charge on any atom is -0.479 e. The summed E-state index contributed by atoms with van der Waals surface area (Å²) >= 11 is 0. The van der Waals surface area contributed by atoms with Gasteiger partial charge >= 0.3 is 5.97 Å². The molecule has 0 radical (unpaired) electrons. The molecule has 1 unspecified atom stereocenters. The summed E-state index contributed by atoms with van der Waals surface area (Å²) < 4.78 is 6.97. The highest BCUT2D eigenvalue weighted by atomic mass is 16.5. The molecule has 1 saturated heterocycles. The van der Waals surface area contributed by atoms with E-state index in [4.69, 9.17) is 4.74 Å². The van der Waals surface area contributed by atoms with Gasteiger partial charge in [0, 0.05) is 25.4 Å². The van der Waals surface area contributed by atoms with E-state index in [-0.39, 0.29) is 6.61 Å². The zero-order chi connectivity index (χ0) is 15.0. The van der Waals surface area contributed by atoms with Gasteiger partial charge < -0.3 is 15.2 Å². The van der Waals surface area contributed by atoms with Crippen LogP contribution in [0.4, 0.5) is 5.82 Å². The van der Waals surface area contributed by atoms with Crippen LogP contribution in [0.1, 0.15) is 31.9 Å². The van der Waals surface area contributed by atoms with Gasteiger partial charge in [-0.2, -0.15) is 5.10 Å². The predicted octanol–water partition coefficient (Wildman–Crippen LogP) is 1.51. The Balaban J connectivity index is 2.02.